The van der Waals surface area contributed by atoms with Gasteiger partial charge in [-0.2, -0.15) is 0 Å². The van der Waals surface area contributed by atoms with Gasteiger partial charge in [-0.3, -0.25) is 9.59 Å². The third-order valence-corrected chi connectivity index (χ3v) is 9.85. The summed E-state index contributed by atoms with van der Waals surface area (Å²) in [4.78, 5) is 37.7. The highest BCUT2D eigenvalue weighted by Gasteiger charge is 2.68. The van der Waals surface area contributed by atoms with Gasteiger partial charge >= 0.3 is 5.97 Å². The van der Waals surface area contributed by atoms with Crippen molar-refractivity contribution in [1.29, 1.82) is 0 Å². The molecule has 4 aliphatic rings. The molecule has 0 bridgehead atoms. The normalized spacial score (nSPS) is 41.1. The number of hydrogen-bond donors (Lipinski definition) is 2. The highest BCUT2D eigenvalue weighted by atomic mass is 16.5. The Kier molecular flexibility index (Phi) is 5.60. The number of fused-ring (bicyclic) bond motifs is 5. The highest BCUT2D eigenvalue weighted by molar-refractivity contribution is 5.94. The zero-order valence-electron chi connectivity index (χ0n) is 20.0. The molecule has 1 unspecified atom stereocenters. The third-order valence-electron chi connectivity index (χ3n) is 9.85. The van der Waals surface area contributed by atoms with Crippen molar-refractivity contribution >= 4 is 17.5 Å². The summed E-state index contributed by atoms with van der Waals surface area (Å²) in [7, 11) is 0. The van der Waals surface area contributed by atoms with E-state index >= 15 is 0 Å². The Morgan fingerprint density at radius 2 is 1.82 bits per heavy atom. The lowest BCUT2D eigenvalue weighted by molar-refractivity contribution is -0.182. The lowest BCUT2D eigenvalue weighted by atomic mass is 9.45. The molecule has 2 N–H and O–H groups in total. The molecule has 0 aromatic heterocycles. The first-order chi connectivity index (χ1) is 16.1. The summed E-state index contributed by atoms with van der Waals surface area (Å²) in [5.41, 5.74) is -1.12. The summed E-state index contributed by atoms with van der Waals surface area (Å²) in [6.07, 6.45) is 5.40. The maximum absolute atomic E-state index is 13.3. The molecule has 0 heterocycles. The molecular weight excluding hydrogens is 432 g/mol. The van der Waals surface area contributed by atoms with Crippen LogP contribution in [-0.2, 0) is 14.3 Å². The highest BCUT2D eigenvalue weighted by Crippen LogP contribution is 2.67. The number of ether oxygens (including phenoxy) is 1. The number of allylic oxidation sites excluding steroid dienone is 1. The molecule has 182 valence electrons. The van der Waals surface area contributed by atoms with Crippen LogP contribution >= 0.6 is 0 Å². The number of carbonyl (C=O) groups excluding carboxylic acids is 3. The molecule has 3 fully saturated rings. The minimum atomic E-state index is -1.64. The van der Waals surface area contributed by atoms with Gasteiger partial charge in [-0.25, -0.2) is 4.79 Å². The summed E-state index contributed by atoms with van der Waals surface area (Å²) in [5, 5.41) is 23.2. The average molecular weight is 467 g/mol. The van der Waals surface area contributed by atoms with Crippen molar-refractivity contribution in [2.75, 3.05) is 6.61 Å². The maximum atomic E-state index is 13.3. The van der Waals surface area contributed by atoms with E-state index in [4.69, 9.17) is 4.74 Å². The van der Waals surface area contributed by atoms with Crippen molar-refractivity contribution in [2.45, 2.75) is 70.5 Å². The average Bonchev–Trinajstić information content (AvgIpc) is 3.09. The Bertz CT molecular complexity index is 1050. The first-order valence-corrected chi connectivity index (χ1v) is 12.5. The van der Waals surface area contributed by atoms with Crippen LogP contribution in [0.5, 0.6) is 0 Å². The molecule has 34 heavy (non-hydrogen) atoms. The topological polar surface area (TPSA) is 101 Å². The molecule has 5 rings (SSSR count). The van der Waals surface area contributed by atoms with Crippen molar-refractivity contribution < 1.29 is 29.3 Å². The van der Waals surface area contributed by atoms with Crippen LogP contribution in [0.2, 0.25) is 0 Å². The zero-order chi connectivity index (χ0) is 24.3. The summed E-state index contributed by atoms with van der Waals surface area (Å²) in [6, 6.07) is 8.49. The first kappa shape index (κ1) is 23.4. The van der Waals surface area contributed by atoms with Crippen molar-refractivity contribution in [3.8, 4) is 0 Å². The van der Waals surface area contributed by atoms with Gasteiger partial charge in [-0.15, -0.1) is 0 Å². The summed E-state index contributed by atoms with van der Waals surface area (Å²) in [5.74, 6) is -0.613. The van der Waals surface area contributed by atoms with Crippen LogP contribution in [0.3, 0.4) is 0 Å². The van der Waals surface area contributed by atoms with Crippen LogP contribution in [-0.4, -0.2) is 46.1 Å². The Balaban J connectivity index is 1.37. The monoisotopic (exact) mass is 466 g/mol. The molecule has 1 aromatic carbocycles. The van der Waals surface area contributed by atoms with E-state index in [-0.39, 0.29) is 29.0 Å². The minimum absolute atomic E-state index is 0.0204. The van der Waals surface area contributed by atoms with Crippen LogP contribution in [0.1, 0.15) is 69.2 Å². The SMILES string of the molecule is C[C@]12CCC(=O)C=C1CC[C@@H]1[C@@H]2C(O)C[C@@]2(C)[C@H]1CC[C@]2(O)C(=O)COC(=O)c1ccccc1. The fourth-order valence-corrected chi connectivity index (χ4v) is 8.06. The van der Waals surface area contributed by atoms with Gasteiger partial charge in [0.2, 0.25) is 5.78 Å². The second kappa shape index (κ2) is 8.13. The molecular formula is C28H34O6. The van der Waals surface area contributed by atoms with Crippen LogP contribution in [0.25, 0.3) is 0 Å². The van der Waals surface area contributed by atoms with Gasteiger partial charge in [-0.05, 0) is 79.9 Å². The smallest absolute Gasteiger partial charge is 0.338 e. The number of Topliss-reactive ketones (excluding diaryl/α,β-unsaturated/α-hetero) is 1. The second-order valence-electron chi connectivity index (χ2n) is 11.3. The van der Waals surface area contributed by atoms with Crippen molar-refractivity contribution in [3.63, 3.8) is 0 Å². The number of aliphatic hydroxyl groups excluding tert-OH is 1. The molecule has 0 amide bonds. The lowest BCUT2D eigenvalue weighted by Crippen LogP contribution is -2.62. The number of hydrogen-bond acceptors (Lipinski definition) is 6. The van der Waals surface area contributed by atoms with E-state index in [1.54, 1.807) is 36.4 Å². The first-order valence-electron chi connectivity index (χ1n) is 12.5. The lowest BCUT2D eigenvalue weighted by Gasteiger charge is -2.60. The summed E-state index contributed by atoms with van der Waals surface area (Å²) < 4.78 is 5.27. The predicted molar refractivity (Wildman–Crippen MR) is 125 cm³/mol. The third kappa shape index (κ3) is 3.33. The Labute approximate surface area is 200 Å². The Morgan fingerprint density at radius 3 is 2.56 bits per heavy atom. The van der Waals surface area contributed by atoms with Crippen LogP contribution in [0.15, 0.2) is 42.0 Å². The van der Waals surface area contributed by atoms with E-state index in [9.17, 15) is 24.6 Å². The standard InChI is InChI=1S/C28H34O6/c1-26-12-10-19(29)14-18(26)8-9-20-21-11-13-28(33,27(21,2)15-22(30)24(20)26)23(31)16-34-25(32)17-6-4-3-5-7-17/h3-7,14,20-22,24,30,33H,8-13,15-16H2,1-2H3/t20-,21-,22?,24+,26-,27-,28-/m0/s1. The van der Waals surface area contributed by atoms with E-state index in [1.165, 1.54) is 0 Å². The zero-order valence-corrected chi connectivity index (χ0v) is 20.0. The molecule has 4 aliphatic carbocycles. The quantitative estimate of drug-likeness (QED) is 0.657. The molecule has 0 spiro atoms. The van der Waals surface area contributed by atoms with Crippen molar-refractivity contribution in [2.24, 2.45) is 28.6 Å². The van der Waals surface area contributed by atoms with E-state index < -0.39 is 35.5 Å². The summed E-state index contributed by atoms with van der Waals surface area (Å²) >= 11 is 0. The molecule has 6 nitrogen and oxygen atoms in total. The molecule has 0 radical (unpaired) electrons. The molecule has 1 aromatic rings. The number of esters is 1. The number of benzene rings is 1. The van der Waals surface area contributed by atoms with E-state index in [2.05, 4.69) is 6.92 Å². The van der Waals surface area contributed by atoms with Crippen LogP contribution in [0.4, 0.5) is 0 Å². The van der Waals surface area contributed by atoms with E-state index in [1.807, 2.05) is 6.92 Å². The minimum Gasteiger partial charge on any atom is -0.454 e. The van der Waals surface area contributed by atoms with Crippen LogP contribution < -0.4 is 0 Å². The van der Waals surface area contributed by atoms with Gasteiger partial charge in [0, 0.05) is 11.8 Å². The van der Waals surface area contributed by atoms with Gasteiger partial charge in [0.25, 0.3) is 0 Å². The number of aliphatic hydroxyl groups is 2. The number of ketones is 2. The largest absolute Gasteiger partial charge is 0.454 e. The van der Waals surface area contributed by atoms with Gasteiger partial charge in [-0.1, -0.05) is 37.6 Å². The van der Waals surface area contributed by atoms with Crippen LogP contribution in [0, 0.1) is 28.6 Å². The van der Waals surface area contributed by atoms with Crippen molar-refractivity contribution in [1.82, 2.24) is 0 Å². The predicted octanol–water partition coefficient (Wildman–Crippen LogP) is 3.65. The van der Waals surface area contributed by atoms with Gasteiger partial charge < -0.3 is 14.9 Å². The molecule has 7 atom stereocenters. The number of carbonyl (C=O) groups is 3. The maximum Gasteiger partial charge on any atom is 0.338 e. The summed E-state index contributed by atoms with van der Waals surface area (Å²) in [6.45, 7) is 3.63. The Morgan fingerprint density at radius 1 is 1.09 bits per heavy atom. The van der Waals surface area contributed by atoms with Crippen molar-refractivity contribution in [3.05, 3.63) is 47.5 Å². The molecule has 0 saturated heterocycles. The van der Waals surface area contributed by atoms with E-state index in [0.29, 0.717) is 31.2 Å². The molecule has 3 saturated carbocycles. The van der Waals surface area contributed by atoms with E-state index in [0.717, 1.165) is 24.8 Å². The molecule has 0 aliphatic heterocycles. The fraction of sp³-hybridized carbons (Fsp3) is 0.607. The van der Waals surface area contributed by atoms with Gasteiger partial charge in [0.15, 0.2) is 12.4 Å². The van der Waals surface area contributed by atoms with Gasteiger partial charge in [0.05, 0.1) is 11.7 Å². The molecule has 6 heteroatoms. The van der Waals surface area contributed by atoms with Gasteiger partial charge in [0.1, 0.15) is 5.60 Å². The fourth-order valence-electron chi connectivity index (χ4n) is 8.06. The number of rotatable bonds is 4. The second-order valence-corrected chi connectivity index (χ2v) is 11.3. The Hall–Kier alpha value is -2.31.